The molecule has 122 valence electrons. The molecule has 0 aliphatic carbocycles. The summed E-state index contributed by atoms with van der Waals surface area (Å²) in [7, 11) is 0. The number of hydrogen-bond donors (Lipinski definition) is 1. The fourth-order valence-corrected chi connectivity index (χ4v) is 3.42. The van der Waals surface area contributed by atoms with Gasteiger partial charge >= 0.3 is 6.03 Å². The second kappa shape index (κ2) is 5.33. The largest absolute Gasteiger partial charge is 0.492 e. The van der Waals surface area contributed by atoms with Crippen molar-refractivity contribution in [3.05, 3.63) is 65.0 Å². The Kier molecular flexibility index (Phi) is 3.26. The van der Waals surface area contributed by atoms with Crippen molar-refractivity contribution >= 4 is 11.7 Å². The first-order valence-corrected chi connectivity index (χ1v) is 7.71. The minimum Gasteiger partial charge on any atom is -0.492 e. The molecule has 0 unspecified atom stereocenters. The zero-order valence-electron chi connectivity index (χ0n) is 13.1. The zero-order valence-corrected chi connectivity index (χ0v) is 13.1. The standard InChI is InChI=1S/C18H16FN3O2/c1-10-3-2-4-11(7-10)17-14-9-24-15-6-5-12(19)8-13(15)16(14)21-22(17)18(20)23/h2-8,14,17H,9H2,1H3,(H2,20,23)/t14-,17+/m0/s1. The number of hydrazone groups is 1. The molecular weight excluding hydrogens is 309 g/mol. The van der Waals surface area contributed by atoms with Crippen LogP contribution in [0.15, 0.2) is 47.6 Å². The van der Waals surface area contributed by atoms with Gasteiger partial charge in [0.25, 0.3) is 0 Å². The van der Waals surface area contributed by atoms with E-state index in [1.165, 1.54) is 17.1 Å². The molecule has 2 aliphatic rings. The summed E-state index contributed by atoms with van der Waals surface area (Å²) >= 11 is 0. The minimum absolute atomic E-state index is 0.186. The first kappa shape index (κ1) is 14.7. The van der Waals surface area contributed by atoms with Gasteiger partial charge in [-0.3, -0.25) is 0 Å². The van der Waals surface area contributed by atoms with Crippen molar-refractivity contribution in [2.75, 3.05) is 6.61 Å². The van der Waals surface area contributed by atoms with E-state index in [0.29, 0.717) is 23.6 Å². The average molecular weight is 325 g/mol. The van der Waals surface area contributed by atoms with Gasteiger partial charge in [0.05, 0.1) is 24.3 Å². The normalized spacial score (nSPS) is 21.6. The van der Waals surface area contributed by atoms with E-state index in [1.807, 2.05) is 31.2 Å². The van der Waals surface area contributed by atoms with Crippen LogP contribution in [0, 0.1) is 18.7 Å². The van der Waals surface area contributed by atoms with Crippen LogP contribution in [-0.2, 0) is 0 Å². The van der Waals surface area contributed by atoms with Crippen molar-refractivity contribution in [1.29, 1.82) is 0 Å². The lowest BCUT2D eigenvalue weighted by atomic mass is 9.85. The van der Waals surface area contributed by atoms with Crippen molar-refractivity contribution in [3.8, 4) is 5.75 Å². The van der Waals surface area contributed by atoms with Crippen LogP contribution >= 0.6 is 0 Å². The van der Waals surface area contributed by atoms with Gasteiger partial charge in [0.15, 0.2) is 0 Å². The molecule has 4 rings (SSSR count). The number of carbonyl (C=O) groups is 1. The highest BCUT2D eigenvalue weighted by Crippen LogP contribution is 2.42. The van der Waals surface area contributed by atoms with Crippen molar-refractivity contribution < 1.29 is 13.9 Å². The molecule has 0 fully saturated rings. The predicted octanol–water partition coefficient (Wildman–Crippen LogP) is 2.98. The van der Waals surface area contributed by atoms with E-state index in [2.05, 4.69) is 5.10 Å². The molecule has 2 N–H and O–H groups in total. The van der Waals surface area contributed by atoms with Crippen LogP contribution in [0.4, 0.5) is 9.18 Å². The summed E-state index contributed by atoms with van der Waals surface area (Å²) in [5.41, 5.74) is 8.76. The lowest BCUT2D eigenvalue weighted by Gasteiger charge is -2.29. The molecule has 0 saturated heterocycles. The lowest BCUT2D eigenvalue weighted by molar-refractivity contribution is 0.168. The van der Waals surface area contributed by atoms with E-state index in [0.717, 1.165) is 11.1 Å². The topological polar surface area (TPSA) is 67.9 Å². The van der Waals surface area contributed by atoms with Crippen LogP contribution < -0.4 is 10.5 Å². The number of ether oxygens (including phenoxy) is 1. The molecule has 2 atom stereocenters. The third kappa shape index (κ3) is 2.22. The Morgan fingerprint density at radius 2 is 2.17 bits per heavy atom. The molecule has 0 bridgehead atoms. The van der Waals surface area contributed by atoms with Crippen LogP contribution in [0.2, 0.25) is 0 Å². The van der Waals surface area contributed by atoms with Crippen molar-refractivity contribution in [2.45, 2.75) is 13.0 Å². The quantitative estimate of drug-likeness (QED) is 0.876. The number of nitrogens with two attached hydrogens (primary N) is 1. The molecule has 2 aliphatic heterocycles. The number of hydrogen-bond acceptors (Lipinski definition) is 3. The Bertz CT molecular complexity index is 865. The minimum atomic E-state index is -0.638. The van der Waals surface area contributed by atoms with Crippen LogP contribution in [0.25, 0.3) is 0 Å². The van der Waals surface area contributed by atoms with Gasteiger partial charge in [0.1, 0.15) is 11.6 Å². The Morgan fingerprint density at radius 3 is 2.92 bits per heavy atom. The van der Waals surface area contributed by atoms with E-state index >= 15 is 0 Å². The molecule has 2 aromatic carbocycles. The third-order valence-electron chi connectivity index (χ3n) is 4.46. The number of halogens is 1. The lowest BCUT2D eigenvalue weighted by Crippen LogP contribution is -2.37. The highest BCUT2D eigenvalue weighted by Gasteiger charge is 2.44. The van der Waals surface area contributed by atoms with Gasteiger partial charge in [-0.2, -0.15) is 5.10 Å². The van der Waals surface area contributed by atoms with Crippen molar-refractivity contribution in [2.24, 2.45) is 16.8 Å². The van der Waals surface area contributed by atoms with Crippen LogP contribution in [-0.4, -0.2) is 23.4 Å². The Balaban J connectivity index is 1.83. The Morgan fingerprint density at radius 1 is 1.33 bits per heavy atom. The summed E-state index contributed by atoms with van der Waals surface area (Å²) < 4.78 is 19.4. The highest BCUT2D eigenvalue weighted by atomic mass is 19.1. The molecule has 0 aromatic heterocycles. The van der Waals surface area contributed by atoms with Gasteiger partial charge in [0.2, 0.25) is 0 Å². The van der Waals surface area contributed by atoms with E-state index in [9.17, 15) is 9.18 Å². The van der Waals surface area contributed by atoms with Gasteiger partial charge < -0.3 is 10.5 Å². The molecular formula is C18H16FN3O2. The smallest absolute Gasteiger partial charge is 0.335 e. The maximum absolute atomic E-state index is 13.7. The number of carbonyl (C=O) groups excluding carboxylic acids is 1. The van der Waals surface area contributed by atoms with Gasteiger partial charge in [-0.05, 0) is 30.7 Å². The van der Waals surface area contributed by atoms with Crippen LogP contribution in [0.3, 0.4) is 0 Å². The van der Waals surface area contributed by atoms with E-state index in [1.54, 1.807) is 6.07 Å². The number of nitrogens with zero attached hydrogens (tertiary/aromatic N) is 2. The molecule has 2 aromatic rings. The highest BCUT2D eigenvalue weighted by molar-refractivity contribution is 6.07. The summed E-state index contributed by atoms with van der Waals surface area (Å²) in [6, 6.07) is 11.2. The number of benzene rings is 2. The molecule has 2 amide bonds. The van der Waals surface area contributed by atoms with Crippen molar-refractivity contribution in [3.63, 3.8) is 0 Å². The fourth-order valence-electron chi connectivity index (χ4n) is 3.42. The second-order valence-electron chi connectivity index (χ2n) is 6.09. The maximum Gasteiger partial charge on any atom is 0.335 e. The summed E-state index contributed by atoms with van der Waals surface area (Å²) in [6.07, 6.45) is 0. The first-order chi connectivity index (χ1) is 11.5. The number of rotatable bonds is 1. The van der Waals surface area contributed by atoms with Crippen molar-refractivity contribution in [1.82, 2.24) is 5.01 Å². The van der Waals surface area contributed by atoms with Crippen LogP contribution in [0.1, 0.15) is 22.7 Å². The number of primary amides is 1. The molecule has 2 heterocycles. The van der Waals surface area contributed by atoms with Gasteiger partial charge in [-0.15, -0.1) is 0 Å². The summed E-state index contributed by atoms with van der Waals surface area (Å²) in [6.45, 7) is 2.34. The second-order valence-corrected chi connectivity index (χ2v) is 6.09. The maximum atomic E-state index is 13.7. The van der Waals surface area contributed by atoms with Gasteiger partial charge in [0, 0.05) is 5.56 Å². The Labute approximate surface area is 138 Å². The zero-order chi connectivity index (χ0) is 16.8. The Hall–Kier alpha value is -2.89. The van der Waals surface area contributed by atoms with E-state index < -0.39 is 6.03 Å². The predicted molar refractivity (Wildman–Crippen MR) is 87.3 cm³/mol. The molecule has 5 nitrogen and oxygen atoms in total. The fraction of sp³-hybridized carbons (Fsp3) is 0.222. The first-order valence-electron chi connectivity index (χ1n) is 7.71. The number of fused-ring (bicyclic) bond motifs is 3. The number of aryl methyl sites for hydroxylation is 1. The summed E-state index contributed by atoms with van der Waals surface area (Å²) in [5, 5.41) is 5.68. The van der Waals surface area contributed by atoms with Crippen LogP contribution in [0.5, 0.6) is 5.75 Å². The van der Waals surface area contributed by atoms with Gasteiger partial charge in [-0.1, -0.05) is 29.8 Å². The molecule has 0 radical (unpaired) electrons. The number of amides is 2. The SMILES string of the molecule is Cc1cccc([C@@H]2[C@H]3COc4ccc(F)cc4C3=NN2C(N)=O)c1. The summed E-state index contributed by atoms with van der Waals surface area (Å²) in [5.74, 6) is 0.0136. The van der Waals surface area contributed by atoms with E-state index in [4.69, 9.17) is 10.5 Å². The van der Waals surface area contributed by atoms with E-state index in [-0.39, 0.29) is 17.8 Å². The van der Waals surface area contributed by atoms with Gasteiger partial charge in [-0.25, -0.2) is 14.2 Å². The molecule has 6 heteroatoms. The molecule has 0 saturated carbocycles. The monoisotopic (exact) mass is 325 g/mol. The third-order valence-corrected chi connectivity index (χ3v) is 4.46. The molecule has 24 heavy (non-hydrogen) atoms. The molecule has 0 spiro atoms. The number of urea groups is 1. The summed E-state index contributed by atoms with van der Waals surface area (Å²) in [4.78, 5) is 11.9. The average Bonchev–Trinajstić information content (AvgIpc) is 2.95.